The Morgan fingerprint density at radius 1 is 0.561 bits per heavy atom. The van der Waals surface area contributed by atoms with E-state index in [0.717, 1.165) is 64.2 Å². The summed E-state index contributed by atoms with van der Waals surface area (Å²) < 4.78 is 5.79. The Balaban J connectivity index is 4.05. The molecule has 0 bridgehead atoms. The lowest BCUT2D eigenvalue weighted by molar-refractivity contribution is -0.150. The van der Waals surface area contributed by atoms with E-state index in [9.17, 15) is 9.59 Å². The molecule has 1 N–H and O–H groups in total. The lowest BCUT2D eigenvalue weighted by Gasteiger charge is -2.18. The number of carbonyl (C=O) groups excluding carboxylic acids is 1. The zero-order valence-electron chi connectivity index (χ0n) is 26.3. The Hall–Kier alpha value is -2.62. The summed E-state index contributed by atoms with van der Waals surface area (Å²) in [5.74, 6) is -0.905. The number of esters is 1. The van der Waals surface area contributed by atoms with E-state index >= 15 is 0 Å². The van der Waals surface area contributed by atoms with Crippen LogP contribution in [-0.2, 0) is 14.3 Å². The second-order valence-corrected chi connectivity index (χ2v) is 10.6. The van der Waals surface area contributed by atoms with E-state index in [4.69, 9.17) is 9.84 Å². The van der Waals surface area contributed by atoms with Crippen molar-refractivity contribution in [2.24, 2.45) is 0 Å². The number of unbranched alkanes of at least 4 members (excludes halogenated alkanes) is 7. The number of carbonyl (C=O) groups is 2. The van der Waals surface area contributed by atoms with Crippen molar-refractivity contribution in [1.29, 1.82) is 0 Å². The molecular formula is C37H60O4. The number of carboxylic acid groups (broad SMARTS) is 1. The predicted molar refractivity (Wildman–Crippen MR) is 176 cm³/mol. The quantitative estimate of drug-likeness (QED) is 0.0579. The van der Waals surface area contributed by atoms with E-state index in [1.54, 1.807) is 0 Å². The monoisotopic (exact) mass is 568 g/mol. The minimum atomic E-state index is -0.762. The van der Waals surface area contributed by atoms with Gasteiger partial charge < -0.3 is 9.84 Å². The minimum absolute atomic E-state index is 0.0859. The fourth-order valence-corrected chi connectivity index (χ4v) is 4.33. The van der Waals surface area contributed by atoms with Gasteiger partial charge in [-0.1, -0.05) is 125 Å². The summed E-state index contributed by atoms with van der Waals surface area (Å²) in [4.78, 5) is 23.2. The van der Waals surface area contributed by atoms with Crippen molar-refractivity contribution in [2.75, 3.05) is 0 Å². The summed E-state index contributed by atoms with van der Waals surface area (Å²) in [5, 5.41) is 8.87. The van der Waals surface area contributed by atoms with Crippen molar-refractivity contribution in [3.05, 3.63) is 72.9 Å². The highest BCUT2D eigenvalue weighted by Gasteiger charge is 2.14. The summed E-state index contributed by atoms with van der Waals surface area (Å²) >= 11 is 0. The summed E-state index contributed by atoms with van der Waals surface area (Å²) in [6.07, 6.45) is 44.9. The van der Waals surface area contributed by atoms with Gasteiger partial charge in [0.25, 0.3) is 0 Å². The van der Waals surface area contributed by atoms with Crippen LogP contribution in [0.1, 0.15) is 142 Å². The Labute approximate surface area is 252 Å². The molecule has 4 nitrogen and oxygen atoms in total. The average molecular weight is 569 g/mol. The summed E-state index contributed by atoms with van der Waals surface area (Å²) in [5.41, 5.74) is 0. The molecule has 0 amide bonds. The Kier molecular flexibility index (Phi) is 29.9. The number of rotatable bonds is 28. The van der Waals surface area contributed by atoms with Gasteiger partial charge in [-0.05, 0) is 77.0 Å². The van der Waals surface area contributed by atoms with Gasteiger partial charge in [-0.2, -0.15) is 0 Å². The van der Waals surface area contributed by atoms with Crippen LogP contribution >= 0.6 is 0 Å². The van der Waals surface area contributed by atoms with Gasteiger partial charge in [-0.15, -0.1) is 0 Å². The van der Waals surface area contributed by atoms with Crippen molar-refractivity contribution >= 4 is 11.9 Å². The van der Waals surface area contributed by atoms with E-state index < -0.39 is 5.97 Å². The molecule has 0 spiro atoms. The topological polar surface area (TPSA) is 63.6 Å². The molecule has 0 saturated carbocycles. The number of hydrogen-bond donors (Lipinski definition) is 1. The molecular weight excluding hydrogens is 508 g/mol. The number of aliphatic carboxylic acids is 1. The molecule has 0 aromatic heterocycles. The van der Waals surface area contributed by atoms with Crippen LogP contribution in [0.4, 0.5) is 0 Å². The van der Waals surface area contributed by atoms with Crippen LogP contribution in [0, 0.1) is 0 Å². The zero-order valence-corrected chi connectivity index (χ0v) is 26.3. The maximum Gasteiger partial charge on any atom is 0.306 e. The van der Waals surface area contributed by atoms with Crippen LogP contribution in [0.2, 0.25) is 0 Å². The molecule has 1 atom stereocenters. The molecule has 4 heteroatoms. The molecule has 232 valence electrons. The van der Waals surface area contributed by atoms with Crippen LogP contribution in [0.5, 0.6) is 0 Å². The van der Waals surface area contributed by atoms with Crippen LogP contribution in [-0.4, -0.2) is 23.1 Å². The lowest BCUT2D eigenvalue weighted by Crippen LogP contribution is -2.18. The smallest absolute Gasteiger partial charge is 0.306 e. The first kappa shape index (κ1) is 38.4. The molecule has 0 aliphatic heterocycles. The van der Waals surface area contributed by atoms with Gasteiger partial charge in [-0.3, -0.25) is 9.59 Å². The first-order valence-electron chi connectivity index (χ1n) is 16.4. The van der Waals surface area contributed by atoms with Gasteiger partial charge in [0.05, 0.1) is 0 Å². The highest BCUT2D eigenvalue weighted by atomic mass is 16.5. The predicted octanol–water partition coefficient (Wildman–Crippen LogP) is 11.2. The van der Waals surface area contributed by atoms with Crippen molar-refractivity contribution < 1.29 is 19.4 Å². The first-order chi connectivity index (χ1) is 20.1. The number of hydrogen-bond acceptors (Lipinski definition) is 3. The number of ether oxygens (including phenoxy) is 1. The van der Waals surface area contributed by atoms with Crippen molar-refractivity contribution in [3.8, 4) is 0 Å². The summed E-state index contributed by atoms with van der Waals surface area (Å²) in [6, 6.07) is 0. The Morgan fingerprint density at radius 3 is 1.49 bits per heavy atom. The minimum Gasteiger partial charge on any atom is -0.481 e. The molecule has 0 saturated heterocycles. The highest BCUT2D eigenvalue weighted by Crippen LogP contribution is 2.17. The van der Waals surface area contributed by atoms with Crippen molar-refractivity contribution in [3.63, 3.8) is 0 Å². The van der Waals surface area contributed by atoms with Crippen LogP contribution in [0.3, 0.4) is 0 Å². The summed E-state index contributed by atoms with van der Waals surface area (Å²) in [6.45, 7) is 4.38. The molecule has 0 aromatic carbocycles. The van der Waals surface area contributed by atoms with Crippen LogP contribution < -0.4 is 0 Å². The third-order valence-electron chi connectivity index (χ3n) is 6.71. The third kappa shape index (κ3) is 31.8. The van der Waals surface area contributed by atoms with Gasteiger partial charge in [0.1, 0.15) is 6.10 Å². The SMILES string of the molecule is CC/C=C\C/C=C\C/C=C\C/C=C\C/C=C\C/C=C\CCC(=O)OC(CCCCCCCCC)CCCCC(=O)O. The number of carboxylic acids is 1. The van der Waals surface area contributed by atoms with E-state index in [-0.39, 0.29) is 18.5 Å². The molecule has 0 heterocycles. The average Bonchev–Trinajstić information content (AvgIpc) is 2.95. The Bertz CT molecular complexity index is 785. The zero-order chi connectivity index (χ0) is 30.1. The molecule has 1 unspecified atom stereocenters. The van der Waals surface area contributed by atoms with Crippen LogP contribution in [0.15, 0.2) is 72.9 Å². The molecule has 0 aliphatic carbocycles. The van der Waals surface area contributed by atoms with E-state index in [1.807, 2.05) is 0 Å². The third-order valence-corrected chi connectivity index (χ3v) is 6.71. The van der Waals surface area contributed by atoms with Gasteiger partial charge in [0.2, 0.25) is 0 Å². The van der Waals surface area contributed by atoms with E-state index in [2.05, 4.69) is 86.8 Å². The fourth-order valence-electron chi connectivity index (χ4n) is 4.33. The van der Waals surface area contributed by atoms with Crippen molar-refractivity contribution in [1.82, 2.24) is 0 Å². The Morgan fingerprint density at radius 2 is 1.00 bits per heavy atom. The van der Waals surface area contributed by atoms with Gasteiger partial charge in [0, 0.05) is 12.8 Å². The standard InChI is InChI=1S/C37H60O4/c1-3-5-7-9-11-12-13-14-15-16-17-18-19-20-21-22-24-26-28-34-37(40)41-35(32-29-30-33-36(38)39)31-27-25-23-10-8-6-4-2/h5,7,11-12,14-15,17-18,20-21,24,26,35H,3-4,6,8-10,13,16,19,22-23,25,27-34H2,1-2H3,(H,38,39)/b7-5-,12-11-,15-14-,18-17-,21-20-,26-24-. The molecule has 41 heavy (non-hydrogen) atoms. The molecule has 0 fully saturated rings. The van der Waals surface area contributed by atoms with Gasteiger partial charge in [-0.25, -0.2) is 0 Å². The highest BCUT2D eigenvalue weighted by molar-refractivity contribution is 5.69. The number of allylic oxidation sites excluding steroid dienone is 12. The maximum atomic E-state index is 12.4. The molecule has 0 aliphatic rings. The van der Waals surface area contributed by atoms with Gasteiger partial charge >= 0.3 is 11.9 Å². The fraction of sp³-hybridized carbons (Fsp3) is 0.622. The van der Waals surface area contributed by atoms with Gasteiger partial charge in [0.15, 0.2) is 0 Å². The molecule has 0 radical (unpaired) electrons. The first-order valence-corrected chi connectivity index (χ1v) is 16.4. The second-order valence-electron chi connectivity index (χ2n) is 10.6. The van der Waals surface area contributed by atoms with E-state index in [0.29, 0.717) is 19.3 Å². The largest absolute Gasteiger partial charge is 0.481 e. The van der Waals surface area contributed by atoms with Crippen molar-refractivity contribution in [2.45, 2.75) is 148 Å². The summed E-state index contributed by atoms with van der Waals surface area (Å²) in [7, 11) is 0. The molecule has 0 aromatic rings. The maximum absolute atomic E-state index is 12.4. The second kappa shape index (κ2) is 31.9. The van der Waals surface area contributed by atoms with Crippen LogP contribution in [0.25, 0.3) is 0 Å². The lowest BCUT2D eigenvalue weighted by atomic mass is 10.0. The normalized spacial score (nSPS) is 13.2. The molecule has 0 rings (SSSR count). The van der Waals surface area contributed by atoms with E-state index in [1.165, 1.54) is 38.5 Å².